The van der Waals surface area contributed by atoms with Crippen LogP contribution in [0.25, 0.3) is 0 Å². The van der Waals surface area contributed by atoms with E-state index in [4.69, 9.17) is 11.6 Å². The highest BCUT2D eigenvalue weighted by molar-refractivity contribution is 6.31. The number of ketones is 1. The molecule has 0 heterocycles. The third-order valence-corrected chi connectivity index (χ3v) is 1.30. The lowest BCUT2D eigenvalue weighted by Gasteiger charge is -2.17. The molecule has 0 aliphatic heterocycles. The molecule has 0 saturated carbocycles. The van der Waals surface area contributed by atoms with Gasteiger partial charge in [-0.05, 0) is 6.92 Å². The van der Waals surface area contributed by atoms with Gasteiger partial charge in [-0.3, -0.25) is 4.79 Å². The summed E-state index contributed by atoms with van der Waals surface area (Å²) in [6.07, 6.45) is 0. The fraction of sp³-hybridized carbons (Fsp3) is 0.857. The van der Waals surface area contributed by atoms with Gasteiger partial charge in [0.15, 0.2) is 5.78 Å². The molecule has 1 unspecified atom stereocenters. The van der Waals surface area contributed by atoms with E-state index in [-0.39, 0.29) is 16.6 Å². The van der Waals surface area contributed by atoms with Crippen LogP contribution in [-0.2, 0) is 4.79 Å². The number of carbonyl (C=O) groups excluding carboxylic acids is 1. The predicted octanol–water partition coefficient (Wildman–Crippen LogP) is 2.23. The summed E-state index contributed by atoms with van der Waals surface area (Å²) in [6, 6.07) is 0. The highest BCUT2D eigenvalue weighted by Gasteiger charge is 2.24. The fourth-order valence-corrected chi connectivity index (χ4v) is 0.924. The van der Waals surface area contributed by atoms with Gasteiger partial charge in [0.2, 0.25) is 0 Å². The summed E-state index contributed by atoms with van der Waals surface area (Å²) in [5.41, 5.74) is -0.291. The molecular formula is C7H13ClO. The lowest BCUT2D eigenvalue weighted by atomic mass is 9.89. The summed E-state index contributed by atoms with van der Waals surface area (Å²) >= 11 is 5.56. The quantitative estimate of drug-likeness (QED) is 0.522. The van der Waals surface area contributed by atoms with Crippen LogP contribution in [0.2, 0.25) is 0 Å². The highest BCUT2D eigenvalue weighted by atomic mass is 35.5. The normalized spacial score (nSPS) is 15.2. The van der Waals surface area contributed by atoms with Crippen LogP contribution in [0.1, 0.15) is 27.7 Å². The van der Waals surface area contributed by atoms with Crippen LogP contribution in [-0.4, -0.2) is 11.2 Å². The van der Waals surface area contributed by atoms with E-state index < -0.39 is 0 Å². The topological polar surface area (TPSA) is 17.1 Å². The van der Waals surface area contributed by atoms with E-state index in [1.54, 1.807) is 6.92 Å². The summed E-state index contributed by atoms with van der Waals surface area (Å²) in [6.45, 7) is 7.31. The van der Waals surface area contributed by atoms with Gasteiger partial charge in [0.1, 0.15) is 0 Å². The first kappa shape index (κ1) is 8.96. The van der Waals surface area contributed by atoms with Gasteiger partial charge in [-0.15, -0.1) is 11.6 Å². The summed E-state index contributed by atoms with van der Waals surface area (Å²) in [5, 5.41) is -0.356. The summed E-state index contributed by atoms with van der Waals surface area (Å²) in [5.74, 6) is 0.101. The smallest absolute Gasteiger partial charge is 0.155 e. The molecule has 2 heteroatoms. The molecule has 0 N–H and O–H groups in total. The van der Waals surface area contributed by atoms with E-state index >= 15 is 0 Å². The number of carbonyl (C=O) groups is 1. The molecule has 0 aromatic rings. The third kappa shape index (κ3) is 2.85. The minimum atomic E-state index is -0.356. The zero-order valence-electron chi connectivity index (χ0n) is 6.36. The zero-order chi connectivity index (χ0) is 7.65. The predicted molar refractivity (Wildman–Crippen MR) is 39.8 cm³/mol. The average Bonchev–Trinajstić information content (AvgIpc) is 1.62. The van der Waals surface area contributed by atoms with E-state index in [1.807, 2.05) is 20.8 Å². The molecular weight excluding hydrogens is 136 g/mol. The van der Waals surface area contributed by atoms with Gasteiger partial charge >= 0.3 is 0 Å². The van der Waals surface area contributed by atoms with Gasteiger partial charge in [-0.1, -0.05) is 20.8 Å². The standard InChI is InChI=1S/C7H13ClO/c1-5(8)6(9)7(2,3)4/h5H,1-4H3. The second-order valence-corrected chi connectivity index (χ2v) is 3.88. The van der Waals surface area contributed by atoms with Crippen LogP contribution >= 0.6 is 11.6 Å². The van der Waals surface area contributed by atoms with Crippen molar-refractivity contribution in [1.82, 2.24) is 0 Å². The summed E-state index contributed by atoms with van der Waals surface area (Å²) < 4.78 is 0. The molecule has 0 aliphatic rings. The van der Waals surface area contributed by atoms with Crippen molar-refractivity contribution in [1.29, 1.82) is 0 Å². The van der Waals surface area contributed by atoms with E-state index in [1.165, 1.54) is 0 Å². The molecule has 0 radical (unpaired) electrons. The van der Waals surface area contributed by atoms with Crippen molar-refractivity contribution in [3.63, 3.8) is 0 Å². The second kappa shape index (κ2) is 2.70. The molecule has 1 nitrogen and oxygen atoms in total. The van der Waals surface area contributed by atoms with E-state index in [0.717, 1.165) is 0 Å². The lowest BCUT2D eigenvalue weighted by Crippen LogP contribution is -2.26. The van der Waals surface area contributed by atoms with Crippen LogP contribution in [0.15, 0.2) is 0 Å². The number of rotatable bonds is 1. The fourth-order valence-electron chi connectivity index (χ4n) is 0.597. The molecule has 54 valence electrons. The van der Waals surface area contributed by atoms with Crippen LogP contribution in [0.4, 0.5) is 0 Å². The molecule has 0 rings (SSSR count). The minimum absolute atomic E-state index is 0.101. The molecule has 0 saturated heterocycles. The molecule has 0 spiro atoms. The molecule has 0 aliphatic carbocycles. The number of alkyl halides is 1. The highest BCUT2D eigenvalue weighted by Crippen LogP contribution is 2.18. The first-order chi connectivity index (χ1) is 3.85. The van der Waals surface area contributed by atoms with Gasteiger partial charge in [-0.25, -0.2) is 0 Å². The Morgan fingerprint density at radius 2 is 1.78 bits per heavy atom. The number of halogens is 1. The van der Waals surface area contributed by atoms with E-state index in [0.29, 0.717) is 0 Å². The summed E-state index contributed by atoms with van der Waals surface area (Å²) in [7, 11) is 0. The van der Waals surface area contributed by atoms with Gasteiger partial charge in [-0.2, -0.15) is 0 Å². The van der Waals surface area contributed by atoms with Crippen molar-refractivity contribution in [3.8, 4) is 0 Å². The maximum absolute atomic E-state index is 11.0. The lowest BCUT2D eigenvalue weighted by molar-refractivity contribution is -0.125. The van der Waals surface area contributed by atoms with Crippen LogP contribution < -0.4 is 0 Å². The Morgan fingerprint density at radius 1 is 1.44 bits per heavy atom. The first-order valence-corrected chi connectivity index (χ1v) is 3.47. The number of Topliss-reactive ketones (excluding diaryl/α,β-unsaturated/α-hetero) is 1. The van der Waals surface area contributed by atoms with Crippen molar-refractivity contribution in [2.24, 2.45) is 5.41 Å². The third-order valence-electron chi connectivity index (χ3n) is 1.10. The SMILES string of the molecule is CC(Cl)C(=O)C(C)(C)C. The minimum Gasteiger partial charge on any atom is -0.297 e. The van der Waals surface area contributed by atoms with Gasteiger partial charge in [0, 0.05) is 5.41 Å². The van der Waals surface area contributed by atoms with Crippen molar-refractivity contribution < 1.29 is 4.79 Å². The Labute approximate surface area is 61.4 Å². The van der Waals surface area contributed by atoms with Crippen molar-refractivity contribution in [3.05, 3.63) is 0 Å². The van der Waals surface area contributed by atoms with Crippen molar-refractivity contribution in [2.75, 3.05) is 0 Å². The maximum Gasteiger partial charge on any atom is 0.155 e. The van der Waals surface area contributed by atoms with Crippen LogP contribution in [0.3, 0.4) is 0 Å². The summed E-state index contributed by atoms with van der Waals surface area (Å²) in [4.78, 5) is 11.0. The molecule has 0 amide bonds. The van der Waals surface area contributed by atoms with E-state index in [9.17, 15) is 4.79 Å². The maximum atomic E-state index is 11.0. The monoisotopic (exact) mass is 148 g/mol. The average molecular weight is 149 g/mol. The first-order valence-electron chi connectivity index (χ1n) is 3.04. The Hall–Kier alpha value is -0.0400. The Balaban J connectivity index is 4.06. The van der Waals surface area contributed by atoms with Crippen molar-refractivity contribution in [2.45, 2.75) is 33.1 Å². The van der Waals surface area contributed by atoms with Gasteiger partial charge in [0.25, 0.3) is 0 Å². The van der Waals surface area contributed by atoms with Crippen LogP contribution in [0, 0.1) is 5.41 Å². The Bertz CT molecular complexity index is 111. The van der Waals surface area contributed by atoms with Crippen LogP contribution in [0.5, 0.6) is 0 Å². The number of hydrogen-bond donors (Lipinski definition) is 0. The Kier molecular flexibility index (Phi) is 2.68. The largest absolute Gasteiger partial charge is 0.297 e. The molecule has 9 heavy (non-hydrogen) atoms. The Morgan fingerprint density at radius 3 is 1.78 bits per heavy atom. The molecule has 0 fully saturated rings. The molecule has 1 atom stereocenters. The zero-order valence-corrected chi connectivity index (χ0v) is 7.12. The number of hydrogen-bond acceptors (Lipinski definition) is 1. The van der Waals surface area contributed by atoms with Crippen molar-refractivity contribution >= 4 is 17.4 Å². The molecule has 0 aromatic carbocycles. The molecule has 0 aromatic heterocycles. The second-order valence-electron chi connectivity index (χ2n) is 3.23. The van der Waals surface area contributed by atoms with Gasteiger partial charge < -0.3 is 0 Å². The van der Waals surface area contributed by atoms with Gasteiger partial charge in [0.05, 0.1) is 5.38 Å². The van der Waals surface area contributed by atoms with E-state index in [2.05, 4.69) is 0 Å². The molecule has 0 bridgehead atoms.